The molecule has 28 heavy (non-hydrogen) atoms. The average molecular weight is 385 g/mol. The van der Waals surface area contributed by atoms with Crippen molar-refractivity contribution < 1.29 is 13.5 Å². The average Bonchev–Trinajstić information content (AvgIpc) is 3.04. The Hall–Kier alpha value is -2.80. The Kier molecular flexibility index (Phi) is 5.09. The van der Waals surface area contributed by atoms with E-state index in [-0.39, 0.29) is 5.82 Å². The van der Waals surface area contributed by atoms with Crippen LogP contribution in [-0.4, -0.2) is 48.2 Å². The number of nitrogens with one attached hydrogen (secondary N) is 1. The van der Waals surface area contributed by atoms with Crippen LogP contribution < -0.4 is 15.4 Å². The molecule has 0 saturated carbocycles. The maximum absolute atomic E-state index is 13.3. The van der Waals surface area contributed by atoms with Crippen LogP contribution in [0.15, 0.2) is 51.7 Å². The summed E-state index contributed by atoms with van der Waals surface area (Å²) in [6.45, 7) is 7.25. The quantitative estimate of drug-likeness (QED) is 0.731. The monoisotopic (exact) mass is 385 g/mol. The number of hydrogen-bond acceptors (Lipinski definition) is 5. The second kappa shape index (κ2) is 7.67. The number of halogens is 1. The molecule has 0 amide bonds. The van der Waals surface area contributed by atoms with Crippen molar-refractivity contribution in [1.82, 2.24) is 9.88 Å². The molecule has 1 fully saturated rings. The number of para-hydroxylation sites is 1. The second-order valence-corrected chi connectivity index (χ2v) is 7.32. The summed E-state index contributed by atoms with van der Waals surface area (Å²) in [5.74, 6) is -0.178. The van der Waals surface area contributed by atoms with Crippen LogP contribution in [0, 0.1) is 5.82 Å². The molecular weight excluding hydrogens is 361 g/mol. The third kappa shape index (κ3) is 3.75. The molecule has 1 aromatic heterocycles. The van der Waals surface area contributed by atoms with E-state index in [1.165, 1.54) is 12.1 Å². The summed E-state index contributed by atoms with van der Waals surface area (Å²) in [7, 11) is 0. The van der Waals surface area contributed by atoms with E-state index in [1.54, 1.807) is 12.1 Å². The Morgan fingerprint density at radius 1 is 1.18 bits per heavy atom. The number of hydrogen-bond donors (Lipinski definition) is 1. The molecule has 148 valence electrons. The van der Waals surface area contributed by atoms with E-state index in [4.69, 9.17) is 9.15 Å². The Morgan fingerprint density at radius 2 is 1.93 bits per heavy atom. The predicted molar refractivity (Wildman–Crippen MR) is 107 cm³/mol. The normalized spacial score (nSPS) is 20.6. The van der Waals surface area contributed by atoms with Gasteiger partial charge in [0.25, 0.3) is 0 Å². The van der Waals surface area contributed by atoms with Crippen molar-refractivity contribution in [2.24, 2.45) is 0 Å². The molecule has 0 radical (unpaired) electrons. The van der Waals surface area contributed by atoms with Crippen LogP contribution in [0.2, 0.25) is 0 Å². The summed E-state index contributed by atoms with van der Waals surface area (Å²) in [5.41, 5.74) is 2.26. The molecule has 0 spiro atoms. The second-order valence-electron chi connectivity index (χ2n) is 7.32. The molecule has 7 heteroatoms. The van der Waals surface area contributed by atoms with Crippen LogP contribution in [0.5, 0.6) is 5.75 Å². The number of H-pyrrole nitrogens is 1. The predicted octanol–water partition coefficient (Wildman–Crippen LogP) is 3.24. The molecule has 2 aromatic carbocycles. The van der Waals surface area contributed by atoms with Crippen LogP contribution in [0.4, 0.5) is 10.1 Å². The third-order valence-corrected chi connectivity index (χ3v) is 5.28. The number of aromatic nitrogens is 1. The SMILES string of the molecule is C[C@@H]1CN(c2cccc3[nH]c(=O)oc23)C[C@H](C)N1CCOc1cccc(F)c1. The molecule has 0 unspecified atom stereocenters. The molecule has 2 heterocycles. The Bertz CT molecular complexity index is 1000. The lowest BCUT2D eigenvalue weighted by molar-refractivity contribution is 0.108. The number of rotatable bonds is 5. The van der Waals surface area contributed by atoms with Crippen molar-refractivity contribution in [2.75, 3.05) is 31.1 Å². The Balaban J connectivity index is 1.42. The number of anilines is 1. The van der Waals surface area contributed by atoms with Gasteiger partial charge in [-0.2, -0.15) is 0 Å². The number of fused-ring (bicyclic) bond motifs is 1. The van der Waals surface area contributed by atoms with Crippen LogP contribution in [-0.2, 0) is 0 Å². The number of oxazole rings is 1. The summed E-state index contributed by atoms with van der Waals surface area (Å²) in [6.07, 6.45) is 0. The molecule has 6 nitrogen and oxygen atoms in total. The van der Waals surface area contributed by atoms with Crippen molar-refractivity contribution in [2.45, 2.75) is 25.9 Å². The summed E-state index contributed by atoms with van der Waals surface area (Å²) in [6, 6.07) is 12.6. The minimum Gasteiger partial charge on any atom is -0.492 e. The fourth-order valence-corrected chi connectivity index (χ4v) is 4.03. The zero-order valence-corrected chi connectivity index (χ0v) is 16.0. The number of ether oxygens (including phenoxy) is 1. The van der Waals surface area contributed by atoms with E-state index in [0.717, 1.165) is 25.3 Å². The van der Waals surface area contributed by atoms with E-state index in [0.29, 0.717) is 35.5 Å². The van der Waals surface area contributed by atoms with Crippen molar-refractivity contribution in [3.05, 3.63) is 58.8 Å². The zero-order valence-electron chi connectivity index (χ0n) is 16.0. The smallest absolute Gasteiger partial charge is 0.417 e. The largest absolute Gasteiger partial charge is 0.492 e. The molecule has 0 aliphatic carbocycles. The van der Waals surface area contributed by atoms with Gasteiger partial charge in [-0.25, -0.2) is 9.18 Å². The first kappa shape index (κ1) is 18.6. The van der Waals surface area contributed by atoms with Gasteiger partial charge in [0.05, 0.1) is 11.2 Å². The van der Waals surface area contributed by atoms with Crippen molar-refractivity contribution >= 4 is 16.8 Å². The third-order valence-electron chi connectivity index (χ3n) is 5.28. The summed E-state index contributed by atoms with van der Waals surface area (Å²) < 4.78 is 24.3. The van der Waals surface area contributed by atoms with Crippen molar-refractivity contribution in [1.29, 1.82) is 0 Å². The van der Waals surface area contributed by atoms with Gasteiger partial charge in [0.1, 0.15) is 18.2 Å². The van der Waals surface area contributed by atoms with E-state index < -0.39 is 5.76 Å². The maximum atomic E-state index is 13.3. The van der Waals surface area contributed by atoms with Gasteiger partial charge in [-0.05, 0) is 38.1 Å². The van der Waals surface area contributed by atoms with Gasteiger partial charge >= 0.3 is 5.76 Å². The number of benzene rings is 2. The van der Waals surface area contributed by atoms with Gasteiger partial charge in [0.2, 0.25) is 0 Å². The van der Waals surface area contributed by atoms with E-state index in [2.05, 4.69) is 28.6 Å². The summed E-state index contributed by atoms with van der Waals surface area (Å²) in [5, 5.41) is 0. The highest BCUT2D eigenvalue weighted by atomic mass is 19.1. The van der Waals surface area contributed by atoms with Crippen LogP contribution >= 0.6 is 0 Å². The summed E-state index contributed by atoms with van der Waals surface area (Å²) >= 11 is 0. The van der Waals surface area contributed by atoms with Gasteiger partial charge in [-0.1, -0.05) is 12.1 Å². The Labute approximate surface area is 162 Å². The number of nitrogens with zero attached hydrogens (tertiary/aromatic N) is 2. The lowest BCUT2D eigenvalue weighted by atomic mass is 10.1. The van der Waals surface area contributed by atoms with Crippen LogP contribution in [0.1, 0.15) is 13.8 Å². The first-order valence-electron chi connectivity index (χ1n) is 9.52. The van der Waals surface area contributed by atoms with E-state index >= 15 is 0 Å². The molecule has 1 saturated heterocycles. The fourth-order valence-electron chi connectivity index (χ4n) is 4.03. The topological polar surface area (TPSA) is 61.7 Å². The van der Waals surface area contributed by atoms with Gasteiger partial charge in [0, 0.05) is 37.8 Å². The molecular formula is C21H24FN3O3. The van der Waals surface area contributed by atoms with Gasteiger partial charge in [-0.15, -0.1) is 0 Å². The van der Waals surface area contributed by atoms with E-state index in [1.807, 2.05) is 18.2 Å². The molecule has 1 aliphatic rings. The highest BCUT2D eigenvalue weighted by Gasteiger charge is 2.30. The molecule has 1 aliphatic heterocycles. The lowest BCUT2D eigenvalue weighted by Crippen LogP contribution is -2.57. The van der Waals surface area contributed by atoms with Gasteiger partial charge in [-0.3, -0.25) is 9.88 Å². The van der Waals surface area contributed by atoms with Crippen LogP contribution in [0.25, 0.3) is 11.1 Å². The van der Waals surface area contributed by atoms with Crippen molar-refractivity contribution in [3.63, 3.8) is 0 Å². The minimum absolute atomic E-state index is 0.292. The molecule has 2 atom stereocenters. The first-order chi connectivity index (χ1) is 13.5. The zero-order chi connectivity index (χ0) is 19.7. The highest BCUT2D eigenvalue weighted by Crippen LogP contribution is 2.28. The molecule has 4 rings (SSSR count). The van der Waals surface area contributed by atoms with E-state index in [9.17, 15) is 9.18 Å². The number of piperazine rings is 1. The van der Waals surface area contributed by atoms with Gasteiger partial charge in [0.15, 0.2) is 5.58 Å². The van der Waals surface area contributed by atoms with Gasteiger partial charge < -0.3 is 14.1 Å². The summed E-state index contributed by atoms with van der Waals surface area (Å²) in [4.78, 5) is 18.9. The Morgan fingerprint density at radius 3 is 2.68 bits per heavy atom. The first-order valence-corrected chi connectivity index (χ1v) is 9.52. The fraction of sp³-hybridized carbons (Fsp3) is 0.381. The number of aromatic amines is 1. The minimum atomic E-state index is -0.434. The van der Waals surface area contributed by atoms with Crippen LogP contribution in [0.3, 0.4) is 0 Å². The maximum Gasteiger partial charge on any atom is 0.417 e. The molecule has 3 aromatic rings. The lowest BCUT2D eigenvalue weighted by Gasteiger charge is -2.45. The molecule has 0 bridgehead atoms. The van der Waals surface area contributed by atoms with Crippen molar-refractivity contribution in [3.8, 4) is 5.75 Å². The standard InChI is InChI=1S/C21H24FN3O3/c1-14-12-24(19-8-4-7-18-20(19)28-21(26)23-18)13-15(2)25(14)9-10-27-17-6-3-5-16(22)11-17/h3-8,11,14-15H,9-10,12-13H2,1-2H3,(H,23,26)/t14-,15+. The highest BCUT2D eigenvalue weighted by molar-refractivity contribution is 5.86. The molecule has 1 N–H and O–H groups in total.